The van der Waals surface area contributed by atoms with Crippen LogP contribution in [0.3, 0.4) is 0 Å². The molecule has 1 fully saturated rings. The van der Waals surface area contributed by atoms with Gasteiger partial charge in [-0.25, -0.2) is 4.79 Å². The van der Waals surface area contributed by atoms with Crippen LogP contribution in [-0.2, 0) is 9.59 Å². The van der Waals surface area contributed by atoms with Crippen molar-refractivity contribution >= 4 is 35.5 Å². The lowest BCUT2D eigenvalue weighted by molar-refractivity contribution is -0.129. The van der Waals surface area contributed by atoms with Crippen molar-refractivity contribution in [1.29, 1.82) is 0 Å². The number of benzene rings is 1. The van der Waals surface area contributed by atoms with Gasteiger partial charge in [0.05, 0.1) is 0 Å². The normalized spacial score (nSPS) is 16.6. The van der Waals surface area contributed by atoms with Gasteiger partial charge in [0.2, 0.25) is 0 Å². The van der Waals surface area contributed by atoms with Crippen molar-refractivity contribution in [2.75, 3.05) is 7.05 Å². The van der Waals surface area contributed by atoms with Crippen LogP contribution < -0.4 is 5.32 Å². The van der Waals surface area contributed by atoms with E-state index in [1.165, 1.54) is 13.1 Å². The number of nitrogens with one attached hydrogen (secondary N) is 1. The second-order valence-electron chi connectivity index (χ2n) is 5.82. The molecule has 1 N–H and O–H groups in total. The molecule has 2 aromatic rings. The molecule has 4 amide bonds. The Labute approximate surface area is 149 Å². The first-order chi connectivity index (χ1) is 11.8. The first-order valence-electron chi connectivity index (χ1n) is 7.59. The number of imide groups is 2. The van der Waals surface area contributed by atoms with E-state index in [-0.39, 0.29) is 5.57 Å². The first kappa shape index (κ1) is 17.0. The van der Waals surface area contributed by atoms with E-state index in [1.807, 2.05) is 36.6 Å². The van der Waals surface area contributed by atoms with Crippen molar-refractivity contribution in [3.05, 3.63) is 57.9 Å². The van der Waals surface area contributed by atoms with Crippen LogP contribution in [-0.4, -0.2) is 34.4 Å². The molecule has 6 nitrogen and oxygen atoms in total. The third-order valence-corrected chi connectivity index (χ3v) is 4.41. The van der Waals surface area contributed by atoms with Crippen molar-refractivity contribution in [3.8, 4) is 5.69 Å². The van der Waals surface area contributed by atoms with Gasteiger partial charge in [-0.15, -0.1) is 0 Å². The van der Waals surface area contributed by atoms with E-state index in [2.05, 4.69) is 5.32 Å². The third kappa shape index (κ3) is 2.96. The Balaban J connectivity index is 2.06. The van der Waals surface area contributed by atoms with Gasteiger partial charge in [-0.05, 0) is 55.8 Å². The van der Waals surface area contributed by atoms with Gasteiger partial charge in [0.1, 0.15) is 5.57 Å². The fourth-order valence-electron chi connectivity index (χ4n) is 2.82. The quantitative estimate of drug-likeness (QED) is 0.663. The molecular formula is C18H16ClN3O3. The maximum Gasteiger partial charge on any atom is 0.331 e. The number of rotatable bonds is 2. The van der Waals surface area contributed by atoms with Gasteiger partial charge >= 0.3 is 6.03 Å². The number of hydrogen-bond acceptors (Lipinski definition) is 3. The molecule has 1 aromatic carbocycles. The molecule has 1 saturated heterocycles. The lowest BCUT2D eigenvalue weighted by Crippen LogP contribution is -2.52. The zero-order chi connectivity index (χ0) is 18.3. The summed E-state index contributed by atoms with van der Waals surface area (Å²) in [6.07, 6.45) is 1.51. The zero-order valence-electron chi connectivity index (χ0n) is 14.0. The smallest absolute Gasteiger partial charge is 0.318 e. The van der Waals surface area contributed by atoms with Crippen LogP contribution in [0.5, 0.6) is 0 Å². The van der Waals surface area contributed by atoms with Crippen LogP contribution >= 0.6 is 11.6 Å². The van der Waals surface area contributed by atoms with Crippen LogP contribution in [0.15, 0.2) is 35.9 Å². The van der Waals surface area contributed by atoms with Gasteiger partial charge in [-0.1, -0.05) is 11.6 Å². The summed E-state index contributed by atoms with van der Waals surface area (Å²) in [6, 6.07) is 8.54. The molecule has 128 valence electrons. The van der Waals surface area contributed by atoms with E-state index in [4.69, 9.17) is 11.6 Å². The van der Waals surface area contributed by atoms with Crippen LogP contribution in [0.25, 0.3) is 11.8 Å². The van der Waals surface area contributed by atoms with E-state index < -0.39 is 17.8 Å². The largest absolute Gasteiger partial charge is 0.331 e. The molecule has 0 atom stereocenters. The Morgan fingerprint density at radius 1 is 1.08 bits per heavy atom. The Morgan fingerprint density at radius 2 is 1.72 bits per heavy atom. The molecule has 0 unspecified atom stereocenters. The van der Waals surface area contributed by atoms with E-state index in [9.17, 15) is 14.4 Å². The molecule has 0 aliphatic carbocycles. The number of halogens is 1. The fourth-order valence-corrected chi connectivity index (χ4v) is 2.95. The Morgan fingerprint density at radius 3 is 2.36 bits per heavy atom. The number of amides is 4. The van der Waals surface area contributed by atoms with Crippen LogP contribution in [0.1, 0.15) is 17.0 Å². The predicted molar refractivity (Wildman–Crippen MR) is 94.5 cm³/mol. The minimum absolute atomic E-state index is 0.0709. The number of hydrogen-bond donors (Lipinski definition) is 1. The maximum atomic E-state index is 12.2. The van der Waals surface area contributed by atoms with Crippen LogP contribution in [0.2, 0.25) is 5.02 Å². The molecule has 0 saturated carbocycles. The SMILES string of the molecule is Cc1cc(C=C2C(=O)NC(=O)N(C)C2=O)c(C)n1-c1ccc(Cl)cc1. The maximum absolute atomic E-state index is 12.2. The third-order valence-electron chi connectivity index (χ3n) is 4.16. The number of barbiturate groups is 1. The van der Waals surface area contributed by atoms with Gasteiger partial charge in [0.15, 0.2) is 0 Å². The van der Waals surface area contributed by atoms with Gasteiger partial charge in [0.25, 0.3) is 11.8 Å². The highest BCUT2D eigenvalue weighted by Crippen LogP contribution is 2.24. The monoisotopic (exact) mass is 357 g/mol. The minimum Gasteiger partial charge on any atom is -0.318 e. The second kappa shape index (κ2) is 6.22. The minimum atomic E-state index is -0.723. The summed E-state index contributed by atoms with van der Waals surface area (Å²) in [4.78, 5) is 36.6. The van der Waals surface area contributed by atoms with Crippen molar-refractivity contribution in [2.24, 2.45) is 0 Å². The molecule has 25 heavy (non-hydrogen) atoms. The number of nitrogens with zero attached hydrogens (tertiary/aromatic N) is 2. The summed E-state index contributed by atoms with van der Waals surface area (Å²) in [5, 5.41) is 2.79. The number of carbonyl (C=O) groups excluding carboxylic acids is 3. The number of carbonyl (C=O) groups is 3. The summed E-state index contributed by atoms with van der Waals surface area (Å²) < 4.78 is 2.00. The topological polar surface area (TPSA) is 71.4 Å². The van der Waals surface area contributed by atoms with E-state index in [0.29, 0.717) is 5.02 Å². The molecule has 1 aliphatic heterocycles. The number of aryl methyl sites for hydroxylation is 1. The van der Waals surface area contributed by atoms with E-state index in [1.54, 1.807) is 12.1 Å². The lowest BCUT2D eigenvalue weighted by atomic mass is 10.1. The molecule has 7 heteroatoms. The highest BCUT2D eigenvalue weighted by Gasteiger charge is 2.33. The van der Waals surface area contributed by atoms with Crippen molar-refractivity contribution in [1.82, 2.24) is 14.8 Å². The van der Waals surface area contributed by atoms with Crippen LogP contribution in [0.4, 0.5) is 4.79 Å². The molecular weight excluding hydrogens is 342 g/mol. The summed E-state index contributed by atoms with van der Waals surface area (Å²) >= 11 is 5.94. The van der Waals surface area contributed by atoms with Crippen molar-refractivity contribution in [2.45, 2.75) is 13.8 Å². The van der Waals surface area contributed by atoms with Crippen molar-refractivity contribution < 1.29 is 14.4 Å². The molecule has 0 bridgehead atoms. The predicted octanol–water partition coefficient (Wildman–Crippen LogP) is 2.84. The highest BCUT2D eigenvalue weighted by atomic mass is 35.5. The van der Waals surface area contributed by atoms with Gasteiger partial charge in [-0.3, -0.25) is 19.8 Å². The number of urea groups is 1. The first-order valence-corrected chi connectivity index (χ1v) is 7.97. The second-order valence-corrected chi connectivity index (χ2v) is 6.26. The zero-order valence-corrected chi connectivity index (χ0v) is 14.7. The van der Waals surface area contributed by atoms with Crippen LogP contribution in [0, 0.1) is 13.8 Å². The molecule has 0 radical (unpaired) electrons. The molecule has 2 heterocycles. The summed E-state index contributed by atoms with van der Waals surface area (Å²) in [7, 11) is 1.33. The number of aromatic nitrogens is 1. The molecule has 0 spiro atoms. The Bertz CT molecular complexity index is 926. The lowest BCUT2D eigenvalue weighted by Gasteiger charge is -2.22. The molecule has 1 aliphatic rings. The van der Waals surface area contributed by atoms with Gasteiger partial charge in [0, 0.05) is 29.1 Å². The summed E-state index contributed by atoms with van der Waals surface area (Å²) in [5.41, 5.74) is 3.40. The average molecular weight is 358 g/mol. The van der Waals surface area contributed by atoms with E-state index in [0.717, 1.165) is 27.5 Å². The fraction of sp³-hybridized carbons (Fsp3) is 0.167. The average Bonchev–Trinajstić information content (AvgIpc) is 2.84. The Kier molecular flexibility index (Phi) is 4.22. The summed E-state index contributed by atoms with van der Waals surface area (Å²) in [6.45, 7) is 3.83. The van der Waals surface area contributed by atoms with E-state index >= 15 is 0 Å². The standard InChI is InChI=1S/C18H16ClN3O3/c1-10-8-12(9-15-16(23)20-18(25)21(3)17(15)24)11(2)22(10)14-6-4-13(19)5-7-14/h4-9H,1-3H3,(H,20,23,25). The molecule has 1 aromatic heterocycles. The van der Waals surface area contributed by atoms with Gasteiger partial charge < -0.3 is 4.57 Å². The molecule has 3 rings (SSSR count). The highest BCUT2D eigenvalue weighted by molar-refractivity contribution is 6.31. The van der Waals surface area contributed by atoms with Gasteiger partial charge in [-0.2, -0.15) is 0 Å². The summed E-state index contributed by atoms with van der Waals surface area (Å²) in [5.74, 6) is -1.31. The Hall–Kier alpha value is -2.86. The van der Waals surface area contributed by atoms with Crippen molar-refractivity contribution in [3.63, 3.8) is 0 Å². The number of likely N-dealkylation sites (N-methyl/N-ethyl adjacent to an activating group) is 1.